The summed E-state index contributed by atoms with van der Waals surface area (Å²) in [6.45, 7) is 0. The number of nitrogens with zero attached hydrogens (tertiary/aromatic N) is 4. The van der Waals surface area contributed by atoms with Crippen LogP contribution in [0.5, 0.6) is 0 Å². The molecule has 4 heterocycles. The van der Waals surface area contributed by atoms with Crippen molar-refractivity contribution in [3.05, 3.63) is 62.8 Å². The molecular weight excluding hydrogens is 408 g/mol. The molecule has 30 heavy (non-hydrogen) atoms. The molecule has 0 aliphatic rings. The number of aromatic amines is 2. The number of fused-ring (bicyclic) bond motifs is 4. The number of aromatic nitrogens is 6. The largest absolute Gasteiger partial charge is 0.436 e. The minimum atomic E-state index is -5.07. The van der Waals surface area contributed by atoms with E-state index in [1.165, 1.54) is 30.1 Å². The summed E-state index contributed by atoms with van der Waals surface area (Å²) in [5.41, 5.74) is -2.99. The van der Waals surface area contributed by atoms with Crippen molar-refractivity contribution in [3.8, 4) is 5.69 Å². The van der Waals surface area contributed by atoms with Crippen LogP contribution in [0, 0.1) is 5.82 Å². The lowest BCUT2D eigenvalue weighted by Gasteiger charge is -2.14. The van der Waals surface area contributed by atoms with Gasteiger partial charge >= 0.3 is 11.9 Å². The number of pyridine rings is 2. The molecular formula is C18H10F4N6O2. The molecule has 5 rings (SSSR count). The molecule has 0 bridgehead atoms. The number of hydrogen-bond donors (Lipinski definition) is 2. The minimum absolute atomic E-state index is 0.0296. The zero-order valence-electron chi connectivity index (χ0n) is 15.0. The van der Waals surface area contributed by atoms with Crippen molar-refractivity contribution < 1.29 is 17.6 Å². The molecule has 0 fully saturated rings. The van der Waals surface area contributed by atoms with Crippen molar-refractivity contribution in [1.29, 1.82) is 0 Å². The highest BCUT2D eigenvalue weighted by atomic mass is 19.4. The van der Waals surface area contributed by atoms with E-state index < -0.39 is 34.6 Å². The van der Waals surface area contributed by atoms with Crippen molar-refractivity contribution in [2.24, 2.45) is 7.05 Å². The number of alkyl halides is 3. The molecule has 0 spiro atoms. The SMILES string of the molecule is Cn1cc2c(n1)c(=O)n(-c1cccc3[nH]c(=O)[nH]c13)c1nc(C(F)(F)F)c(F)cc21. The molecule has 1 aromatic carbocycles. The molecule has 8 nitrogen and oxygen atoms in total. The predicted molar refractivity (Wildman–Crippen MR) is 99.0 cm³/mol. The normalized spacial score (nSPS) is 12.4. The molecule has 0 aliphatic carbocycles. The maximum atomic E-state index is 14.3. The van der Waals surface area contributed by atoms with E-state index in [0.29, 0.717) is 11.6 Å². The van der Waals surface area contributed by atoms with E-state index in [-0.39, 0.29) is 27.5 Å². The Balaban J connectivity index is 2.05. The van der Waals surface area contributed by atoms with Crippen LogP contribution in [0.4, 0.5) is 17.6 Å². The van der Waals surface area contributed by atoms with Crippen LogP contribution in [0.25, 0.3) is 38.7 Å². The first-order chi connectivity index (χ1) is 14.1. The fraction of sp³-hybridized carbons (Fsp3) is 0.111. The van der Waals surface area contributed by atoms with Crippen LogP contribution < -0.4 is 11.2 Å². The summed E-state index contributed by atoms with van der Waals surface area (Å²) in [5, 5.41) is 4.19. The Morgan fingerprint density at radius 3 is 2.60 bits per heavy atom. The van der Waals surface area contributed by atoms with Gasteiger partial charge in [0.2, 0.25) is 0 Å². The third-order valence-corrected chi connectivity index (χ3v) is 4.73. The van der Waals surface area contributed by atoms with Crippen molar-refractivity contribution in [2.75, 3.05) is 0 Å². The van der Waals surface area contributed by atoms with Gasteiger partial charge in [0, 0.05) is 24.0 Å². The van der Waals surface area contributed by atoms with Gasteiger partial charge in [-0.25, -0.2) is 14.2 Å². The third-order valence-electron chi connectivity index (χ3n) is 4.73. The lowest BCUT2D eigenvalue weighted by atomic mass is 10.1. The maximum absolute atomic E-state index is 14.3. The molecule has 2 N–H and O–H groups in total. The van der Waals surface area contributed by atoms with E-state index in [4.69, 9.17) is 0 Å². The van der Waals surface area contributed by atoms with Gasteiger partial charge in [-0.3, -0.25) is 14.0 Å². The Kier molecular flexibility index (Phi) is 3.49. The smallest absolute Gasteiger partial charge is 0.306 e. The first-order valence-electron chi connectivity index (χ1n) is 8.52. The molecule has 0 atom stereocenters. The zero-order chi connectivity index (χ0) is 21.4. The number of imidazole rings is 1. The quantitative estimate of drug-likeness (QED) is 0.409. The average molecular weight is 418 g/mol. The van der Waals surface area contributed by atoms with Crippen LogP contribution in [0.1, 0.15) is 5.69 Å². The second-order valence-corrected chi connectivity index (χ2v) is 6.67. The summed E-state index contributed by atoms with van der Waals surface area (Å²) >= 11 is 0. The van der Waals surface area contributed by atoms with Crippen molar-refractivity contribution in [1.82, 2.24) is 29.3 Å². The number of rotatable bonds is 1. The Hall–Kier alpha value is -3.96. The molecule has 0 amide bonds. The van der Waals surface area contributed by atoms with Crippen LogP contribution in [-0.2, 0) is 13.2 Å². The first-order valence-corrected chi connectivity index (χ1v) is 8.52. The number of halogens is 4. The monoisotopic (exact) mass is 418 g/mol. The first kappa shape index (κ1) is 18.1. The highest BCUT2D eigenvalue weighted by Gasteiger charge is 2.37. The van der Waals surface area contributed by atoms with Crippen molar-refractivity contribution >= 4 is 33.0 Å². The van der Waals surface area contributed by atoms with Gasteiger partial charge < -0.3 is 9.97 Å². The lowest BCUT2D eigenvalue weighted by molar-refractivity contribution is -0.143. The van der Waals surface area contributed by atoms with Gasteiger partial charge in [0.1, 0.15) is 5.65 Å². The predicted octanol–water partition coefficient (Wildman–Crippen LogP) is 2.60. The van der Waals surface area contributed by atoms with E-state index in [0.717, 1.165) is 4.57 Å². The molecule has 5 aromatic rings. The summed E-state index contributed by atoms with van der Waals surface area (Å²) in [6.07, 6.45) is -3.67. The summed E-state index contributed by atoms with van der Waals surface area (Å²) in [7, 11) is 1.52. The van der Waals surface area contributed by atoms with Gasteiger partial charge in [-0.2, -0.15) is 18.3 Å². The zero-order valence-corrected chi connectivity index (χ0v) is 15.0. The van der Waals surface area contributed by atoms with Crippen LogP contribution in [0.15, 0.2) is 40.1 Å². The van der Waals surface area contributed by atoms with E-state index in [9.17, 15) is 27.2 Å². The second-order valence-electron chi connectivity index (χ2n) is 6.67. The summed E-state index contributed by atoms with van der Waals surface area (Å²) in [6, 6.07) is 5.18. The third kappa shape index (κ3) is 2.46. The van der Waals surface area contributed by atoms with Gasteiger partial charge in [-0.1, -0.05) is 6.07 Å². The van der Waals surface area contributed by atoms with Crippen molar-refractivity contribution in [2.45, 2.75) is 6.18 Å². The highest BCUT2D eigenvalue weighted by Crippen LogP contribution is 2.33. The molecule has 0 radical (unpaired) electrons. The molecule has 0 aliphatic heterocycles. The fourth-order valence-corrected chi connectivity index (χ4v) is 3.54. The molecule has 152 valence electrons. The van der Waals surface area contributed by atoms with Crippen molar-refractivity contribution in [3.63, 3.8) is 0 Å². The molecule has 12 heteroatoms. The van der Waals surface area contributed by atoms with E-state index in [1.54, 1.807) is 6.07 Å². The summed E-state index contributed by atoms with van der Waals surface area (Å²) in [4.78, 5) is 33.5. The topological polar surface area (TPSA) is 101 Å². The molecule has 0 saturated carbocycles. The fourth-order valence-electron chi connectivity index (χ4n) is 3.54. The Bertz CT molecular complexity index is 1610. The number of aryl methyl sites for hydroxylation is 1. The Morgan fingerprint density at radius 1 is 1.10 bits per heavy atom. The summed E-state index contributed by atoms with van der Waals surface area (Å²) < 4.78 is 56.5. The molecule has 4 aromatic heterocycles. The minimum Gasteiger partial charge on any atom is -0.306 e. The number of H-pyrrole nitrogens is 2. The standard InChI is InChI=1S/C18H10F4N6O2/c1-27-6-8-7-5-9(19)14(18(20,21)22)25-15(7)28(16(29)12(8)26-27)11-4-2-3-10-13(11)24-17(30)23-10/h2-6H,1H3,(H2,23,24,30). The Morgan fingerprint density at radius 2 is 1.87 bits per heavy atom. The molecule has 0 saturated heterocycles. The number of hydrogen-bond acceptors (Lipinski definition) is 4. The van der Waals surface area contributed by atoms with Crippen LogP contribution in [0.3, 0.4) is 0 Å². The van der Waals surface area contributed by atoms with Gasteiger partial charge in [-0.15, -0.1) is 0 Å². The van der Waals surface area contributed by atoms with Crippen LogP contribution >= 0.6 is 0 Å². The second kappa shape index (κ2) is 5.78. The van der Waals surface area contributed by atoms with Gasteiger partial charge in [0.15, 0.2) is 17.0 Å². The Labute approximate surface area is 162 Å². The van der Waals surface area contributed by atoms with E-state index >= 15 is 0 Å². The van der Waals surface area contributed by atoms with Gasteiger partial charge in [0.05, 0.1) is 16.7 Å². The van der Waals surface area contributed by atoms with Crippen LogP contribution in [-0.4, -0.2) is 29.3 Å². The average Bonchev–Trinajstić information content (AvgIpc) is 3.23. The van der Waals surface area contributed by atoms with E-state index in [1.807, 2.05) is 0 Å². The lowest BCUT2D eigenvalue weighted by Crippen LogP contribution is -2.22. The molecule has 0 unspecified atom stereocenters. The van der Waals surface area contributed by atoms with Gasteiger partial charge in [-0.05, 0) is 18.2 Å². The van der Waals surface area contributed by atoms with Gasteiger partial charge in [0.25, 0.3) is 5.56 Å². The maximum Gasteiger partial charge on any atom is 0.436 e. The number of para-hydroxylation sites is 1. The van der Waals surface area contributed by atoms with E-state index in [2.05, 4.69) is 20.1 Å². The number of nitrogens with one attached hydrogen (secondary N) is 2. The summed E-state index contributed by atoms with van der Waals surface area (Å²) in [5.74, 6) is -1.57. The van der Waals surface area contributed by atoms with Crippen LogP contribution in [0.2, 0.25) is 0 Å². The highest BCUT2D eigenvalue weighted by molar-refractivity contribution is 6.04. The number of benzene rings is 1.